The summed E-state index contributed by atoms with van der Waals surface area (Å²) in [5.41, 5.74) is 0.628. The molecule has 1 heterocycles. The molecule has 2 N–H and O–H groups in total. The normalized spacial score (nSPS) is 11.2. The summed E-state index contributed by atoms with van der Waals surface area (Å²) in [4.78, 5) is 26.0. The Kier molecular flexibility index (Phi) is 6.26. The molecule has 2 aromatic carbocycles. The third-order valence-corrected chi connectivity index (χ3v) is 5.18. The third-order valence-electron chi connectivity index (χ3n) is 4.17. The number of amides is 3. The van der Waals surface area contributed by atoms with Crippen molar-refractivity contribution in [1.29, 1.82) is 0 Å². The van der Waals surface area contributed by atoms with Crippen LogP contribution in [-0.2, 0) is 11.3 Å². The van der Waals surface area contributed by atoms with E-state index in [1.807, 2.05) is 29.6 Å². The van der Waals surface area contributed by atoms with E-state index < -0.39 is 17.5 Å². The second-order valence-corrected chi connectivity index (χ2v) is 8.78. The lowest BCUT2D eigenvalue weighted by Gasteiger charge is -2.20. The van der Waals surface area contributed by atoms with Crippen molar-refractivity contribution < 1.29 is 18.7 Å². The average Bonchev–Trinajstić information content (AvgIpc) is 3.06. The smallest absolute Gasteiger partial charge is 0.412 e. The molecule has 0 aliphatic carbocycles. The van der Waals surface area contributed by atoms with Crippen LogP contribution in [0, 0.1) is 5.82 Å². The quantitative estimate of drug-likeness (QED) is 0.530. The van der Waals surface area contributed by atoms with Gasteiger partial charge >= 0.3 is 12.1 Å². The summed E-state index contributed by atoms with van der Waals surface area (Å²) in [7, 11) is 1.69. The number of nitrogens with zero attached hydrogens (tertiary/aromatic N) is 1. The van der Waals surface area contributed by atoms with Crippen LogP contribution in [0.3, 0.4) is 0 Å². The Hall–Kier alpha value is -3.13. The molecule has 0 aliphatic heterocycles. The maximum atomic E-state index is 14.1. The summed E-state index contributed by atoms with van der Waals surface area (Å²) in [5.74, 6) is -0.628. The number of ether oxygens (including phenoxy) is 1. The summed E-state index contributed by atoms with van der Waals surface area (Å²) >= 11 is 1.63. The topological polar surface area (TPSA) is 70.7 Å². The van der Waals surface area contributed by atoms with Crippen LogP contribution in [-0.4, -0.2) is 29.7 Å². The van der Waals surface area contributed by atoms with Gasteiger partial charge in [-0.25, -0.2) is 14.0 Å². The number of nitrogens with one attached hydrogen (secondary N) is 2. The molecule has 0 atom stereocenters. The Morgan fingerprint density at radius 2 is 1.87 bits per heavy atom. The number of anilines is 2. The van der Waals surface area contributed by atoms with E-state index in [1.54, 1.807) is 44.1 Å². The molecule has 158 valence electrons. The molecule has 1 aromatic heterocycles. The van der Waals surface area contributed by atoms with Crippen LogP contribution >= 0.6 is 11.3 Å². The van der Waals surface area contributed by atoms with Crippen LogP contribution in [0.1, 0.15) is 26.3 Å². The van der Waals surface area contributed by atoms with Gasteiger partial charge in [-0.15, -0.1) is 11.3 Å². The van der Waals surface area contributed by atoms with Gasteiger partial charge in [0, 0.05) is 24.0 Å². The first-order valence-electron chi connectivity index (χ1n) is 9.39. The number of carbonyl (C=O) groups excluding carboxylic acids is 2. The predicted molar refractivity (Wildman–Crippen MR) is 119 cm³/mol. The van der Waals surface area contributed by atoms with Crippen LogP contribution in [0.2, 0.25) is 0 Å². The van der Waals surface area contributed by atoms with Crippen molar-refractivity contribution in [3.8, 4) is 0 Å². The van der Waals surface area contributed by atoms with E-state index in [0.29, 0.717) is 12.2 Å². The van der Waals surface area contributed by atoms with Gasteiger partial charge in [-0.2, -0.15) is 0 Å². The minimum absolute atomic E-state index is 0.0754. The van der Waals surface area contributed by atoms with E-state index in [4.69, 9.17) is 4.74 Å². The zero-order valence-corrected chi connectivity index (χ0v) is 18.1. The maximum Gasteiger partial charge on any atom is 0.412 e. The standard InChI is InChI=1S/C22H24FN3O3S/c1-22(2,3)29-21(28)25-18-11-15(9-10-17(18)23)24-20(27)26(4)12-14-13-30-19-8-6-5-7-16(14)19/h5-11,13H,12H2,1-4H3,(H,24,27)(H,25,28). The van der Waals surface area contributed by atoms with Crippen molar-refractivity contribution in [2.24, 2.45) is 0 Å². The minimum atomic E-state index is -0.772. The molecule has 0 radical (unpaired) electrons. The molecule has 0 spiro atoms. The summed E-state index contributed by atoms with van der Waals surface area (Å²) < 4.78 is 20.4. The van der Waals surface area contributed by atoms with Gasteiger partial charge in [0.2, 0.25) is 0 Å². The van der Waals surface area contributed by atoms with E-state index in [0.717, 1.165) is 15.6 Å². The van der Waals surface area contributed by atoms with Crippen molar-refractivity contribution in [2.45, 2.75) is 32.9 Å². The highest BCUT2D eigenvalue weighted by Gasteiger charge is 2.18. The highest BCUT2D eigenvalue weighted by molar-refractivity contribution is 7.17. The lowest BCUT2D eigenvalue weighted by atomic mass is 10.2. The first-order chi connectivity index (χ1) is 14.1. The highest BCUT2D eigenvalue weighted by atomic mass is 32.1. The van der Waals surface area contributed by atoms with Crippen LogP contribution in [0.25, 0.3) is 10.1 Å². The second kappa shape index (κ2) is 8.71. The van der Waals surface area contributed by atoms with Crippen LogP contribution in [0.15, 0.2) is 47.8 Å². The Balaban J connectivity index is 1.66. The van der Waals surface area contributed by atoms with E-state index in [2.05, 4.69) is 10.6 Å². The predicted octanol–water partition coefficient (Wildman–Crippen LogP) is 6.05. The van der Waals surface area contributed by atoms with Crippen molar-refractivity contribution in [3.63, 3.8) is 0 Å². The first-order valence-corrected chi connectivity index (χ1v) is 10.3. The molecule has 3 aromatic rings. The molecule has 0 fully saturated rings. The molecule has 0 aliphatic rings. The third kappa shape index (κ3) is 5.48. The summed E-state index contributed by atoms with van der Waals surface area (Å²) in [6, 6.07) is 11.6. The lowest BCUT2D eigenvalue weighted by molar-refractivity contribution is 0.0635. The lowest BCUT2D eigenvalue weighted by Crippen LogP contribution is -2.31. The van der Waals surface area contributed by atoms with E-state index in [1.165, 1.54) is 18.2 Å². The van der Waals surface area contributed by atoms with Crippen molar-refractivity contribution in [1.82, 2.24) is 4.90 Å². The van der Waals surface area contributed by atoms with Crippen LogP contribution < -0.4 is 10.6 Å². The average molecular weight is 430 g/mol. The molecule has 0 bridgehead atoms. The number of benzene rings is 2. The van der Waals surface area contributed by atoms with E-state index in [-0.39, 0.29) is 11.7 Å². The fourth-order valence-electron chi connectivity index (χ4n) is 2.81. The number of urea groups is 1. The van der Waals surface area contributed by atoms with Gasteiger partial charge in [-0.1, -0.05) is 18.2 Å². The maximum absolute atomic E-state index is 14.1. The fourth-order valence-corrected chi connectivity index (χ4v) is 3.77. The first kappa shape index (κ1) is 21.6. The second-order valence-electron chi connectivity index (χ2n) is 7.86. The van der Waals surface area contributed by atoms with Gasteiger partial charge in [-0.3, -0.25) is 5.32 Å². The van der Waals surface area contributed by atoms with Gasteiger partial charge in [0.15, 0.2) is 0 Å². The molecule has 30 heavy (non-hydrogen) atoms. The Morgan fingerprint density at radius 1 is 1.13 bits per heavy atom. The number of fused-ring (bicyclic) bond motifs is 1. The van der Waals surface area contributed by atoms with Crippen molar-refractivity contribution in [2.75, 3.05) is 17.7 Å². The summed E-state index contributed by atoms with van der Waals surface area (Å²) in [6.07, 6.45) is -0.772. The molecular formula is C22H24FN3O3S. The zero-order chi connectivity index (χ0) is 21.9. The number of thiophene rings is 1. The number of carbonyl (C=O) groups is 2. The molecule has 3 rings (SSSR count). The Bertz CT molecular complexity index is 1070. The number of hydrogen-bond donors (Lipinski definition) is 2. The Labute approximate surface area is 178 Å². The number of rotatable bonds is 4. The van der Waals surface area contributed by atoms with Gasteiger partial charge in [-0.05, 0) is 61.4 Å². The molecule has 0 unspecified atom stereocenters. The molecular weight excluding hydrogens is 405 g/mol. The molecule has 3 amide bonds. The monoisotopic (exact) mass is 429 g/mol. The largest absolute Gasteiger partial charge is 0.444 e. The minimum Gasteiger partial charge on any atom is -0.444 e. The van der Waals surface area contributed by atoms with Crippen molar-refractivity contribution in [3.05, 3.63) is 59.2 Å². The van der Waals surface area contributed by atoms with Gasteiger partial charge < -0.3 is 15.0 Å². The molecule has 8 heteroatoms. The zero-order valence-electron chi connectivity index (χ0n) is 17.3. The van der Waals surface area contributed by atoms with E-state index in [9.17, 15) is 14.0 Å². The van der Waals surface area contributed by atoms with Gasteiger partial charge in [0.1, 0.15) is 11.4 Å². The molecule has 0 saturated carbocycles. The van der Waals surface area contributed by atoms with Gasteiger partial charge in [0.05, 0.1) is 5.69 Å². The van der Waals surface area contributed by atoms with Crippen LogP contribution in [0.5, 0.6) is 0 Å². The summed E-state index contributed by atoms with van der Waals surface area (Å²) in [6.45, 7) is 5.57. The van der Waals surface area contributed by atoms with E-state index >= 15 is 0 Å². The molecule has 0 saturated heterocycles. The molecule has 6 nitrogen and oxygen atoms in total. The number of hydrogen-bond acceptors (Lipinski definition) is 4. The van der Waals surface area contributed by atoms with Crippen LogP contribution in [0.4, 0.5) is 25.4 Å². The summed E-state index contributed by atoms with van der Waals surface area (Å²) in [5, 5.41) is 8.24. The highest BCUT2D eigenvalue weighted by Crippen LogP contribution is 2.27. The van der Waals surface area contributed by atoms with Crippen molar-refractivity contribution >= 4 is 44.9 Å². The SMILES string of the molecule is CN(Cc1csc2ccccc12)C(=O)Nc1ccc(F)c(NC(=O)OC(C)(C)C)c1. The fraction of sp³-hybridized carbons (Fsp3) is 0.273. The number of halogens is 1. The van der Waals surface area contributed by atoms with Gasteiger partial charge in [0.25, 0.3) is 0 Å². The Morgan fingerprint density at radius 3 is 2.60 bits per heavy atom.